The molecule has 1 saturated heterocycles. The molecule has 3 atom stereocenters. The monoisotopic (exact) mass is 671 g/mol. The first-order valence-corrected chi connectivity index (χ1v) is 15.6. The van der Waals surface area contributed by atoms with Gasteiger partial charge in [0.25, 0.3) is 5.91 Å². The van der Waals surface area contributed by atoms with Gasteiger partial charge < -0.3 is 24.9 Å². The highest BCUT2D eigenvalue weighted by molar-refractivity contribution is 8.00. The van der Waals surface area contributed by atoms with Gasteiger partial charge in [0, 0.05) is 16.5 Å². The molecule has 3 heterocycles. The minimum atomic E-state index is -4.82. The molecular weight excluding hydrogens is 647 g/mol. The zero-order valence-electron chi connectivity index (χ0n) is 23.8. The van der Waals surface area contributed by atoms with Crippen molar-refractivity contribution < 1.29 is 42.1 Å². The van der Waals surface area contributed by atoms with E-state index in [1.165, 1.54) is 42.5 Å². The van der Waals surface area contributed by atoms with Crippen LogP contribution in [0.1, 0.15) is 28.8 Å². The third kappa shape index (κ3) is 5.83. The molecule has 1 aromatic heterocycles. The molecule has 1 fully saturated rings. The molecule has 0 saturated carbocycles. The summed E-state index contributed by atoms with van der Waals surface area (Å²) in [4.78, 5) is 55.9. The number of halogens is 3. The van der Waals surface area contributed by atoms with Crippen LogP contribution < -0.4 is 24.6 Å². The number of hydrogen-bond donors (Lipinski definition) is 3. The standard InChI is InChI=1S/C31H24F3N3O7S2/c1-2-43-21-13-15(7-12-20(21)44-14-22(39)35-16-8-10-17(38)11-9-16)23-24-26(45-27-25(23)46-30(42)36-27)29(41)37(28(24)40)19-6-4-3-5-18(19)31(32,33)34/h3-13,23-24,26,38H,2,14H2,1H3,(H,35,39)(H,36,42)/t23-,24?,26?/m1/s1. The van der Waals surface area contributed by atoms with Crippen LogP contribution >= 0.6 is 23.1 Å². The van der Waals surface area contributed by atoms with Crippen molar-refractivity contribution in [3.05, 3.63) is 92.4 Å². The minimum absolute atomic E-state index is 0.0418. The molecule has 4 aromatic rings. The summed E-state index contributed by atoms with van der Waals surface area (Å²) in [5, 5.41) is 11.3. The summed E-state index contributed by atoms with van der Waals surface area (Å²) in [5.74, 6) is -3.67. The summed E-state index contributed by atoms with van der Waals surface area (Å²) in [6, 6.07) is 15.0. The summed E-state index contributed by atoms with van der Waals surface area (Å²) in [7, 11) is 0. The SMILES string of the molecule is CCOc1cc([C@H]2c3sc(=O)[nH]c3SC3C(=O)N(c4ccccc4C(F)(F)F)C(=O)C32)ccc1OCC(=O)Nc1ccc(O)cc1. The number of carbonyl (C=O) groups excluding carboxylic acids is 3. The highest BCUT2D eigenvalue weighted by atomic mass is 32.2. The highest BCUT2D eigenvalue weighted by Gasteiger charge is 2.57. The Balaban J connectivity index is 1.33. The second kappa shape index (κ2) is 12.2. The summed E-state index contributed by atoms with van der Waals surface area (Å²) in [5.41, 5.74) is -0.765. The average molecular weight is 672 g/mol. The zero-order chi connectivity index (χ0) is 32.7. The van der Waals surface area contributed by atoms with Crippen LogP contribution in [0.4, 0.5) is 24.5 Å². The van der Waals surface area contributed by atoms with E-state index in [9.17, 15) is 37.5 Å². The van der Waals surface area contributed by atoms with Crippen molar-refractivity contribution >= 4 is 52.2 Å². The van der Waals surface area contributed by atoms with Gasteiger partial charge in [-0.3, -0.25) is 19.2 Å². The third-order valence-electron chi connectivity index (χ3n) is 7.41. The second-order valence-corrected chi connectivity index (χ2v) is 12.5. The average Bonchev–Trinajstić information content (AvgIpc) is 3.51. The van der Waals surface area contributed by atoms with Crippen LogP contribution in [-0.2, 0) is 20.6 Å². The number of para-hydroxylation sites is 1. The van der Waals surface area contributed by atoms with E-state index in [2.05, 4.69) is 10.3 Å². The number of nitrogens with one attached hydrogen (secondary N) is 2. The van der Waals surface area contributed by atoms with Crippen LogP contribution in [0, 0.1) is 5.92 Å². The normalized spacial score (nSPS) is 19.0. The van der Waals surface area contributed by atoms with E-state index < -0.39 is 63.7 Å². The molecule has 46 heavy (non-hydrogen) atoms. The highest BCUT2D eigenvalue weighted by Crippen LogP contribution is 2.54. The first-order valence-electron chi connectivity index (χ1n) is 13.9. The third-order valence-corrected chi connectivity index (χ3v) is 9.81. The van der Waals surface area contributed by atoms with Crippen LogP contribution in [0.15, 0.2) is 76.6 Å². The Labute approximate surface area is 267 Å². The Morgan fingerprint density at radius 3 is 2.46 bits per heavy atom. The number of alkyl halides is 3. The molecule has 0 radical (unpaired) electrons. The van der Waals surface area contributed by atoms with Gasteiger partial charge in [0.1, 0.15) is 11.0 Å². The molecule has 0 aliphatic carbocycles. The number of amides is 3. The number of hydrogen-bond acceptors (Lipinski definition) is 9. The number of aromatic amines is 1. The predicted octanol–water partition coefficient (Wildman–Crippen LogP) is 5.37. The van der Waals surface area contributed by atoms with Gasteiger partial charge >= 0.3 is 11.0 Å². The summed E-state index contributed by atoms with van der Waals surface area (Å²) < 4.78 is 53.3. The molecule has 0 spiro atoms. The number of ether oxygens (including phenoxy) is 2. The van der Waals surface area contributed by atoms with Gasteiger partial charge in [0.2, 0.25) is 11.8 Å². The molecule has 238 valence electrons. The molecule has 6 rings (SSSR count). The predicted molar refractivity (Wildman–Crippen MR) is 164 cm³/mol. The van der Waals surface area contributed by atoms with Crippen molar-refractivity contribution in [1.82, 2.24) is 4.98 Å². The lowest BCUT2D eigenvalue weighted by Gasteiger charge is -2.30. The maximum absolute atomic E-state index is 14.0. The lowest BCUT2D eigenvalue weighted by molar-refractivity contribution is -0.137. The number of fused-ring (bicyclic) bond motifs is 2. The van der Waals surface area contributed by atoms with E-state index in [0.29, 0.717) is 26.1 Å². The van der Waals surface area contributed by atoms with Crippen LogP contribution in [0.2, 0.25) is 0 Å². The number of thiazole rings is 1. The van der Waals surface area contributed by atoms with Crippen LogP contribution in [0.3, 0.4) is 0 Å². The summed E-state index contributed by atoms with van der Waals surface area (Å²) in [6.07, 6.45) is -4.82. The van der Waals surface area contributed by atoms with Gasteiger partial charge in [-0.1, -0.05) is 41.3 Å². The van der Waals surface area contributed by atoms with Crippen LogP contribution in [0.25, 0.3) is 0 Å². The molecule has 15 heteroatoms. The molecule has 2 unspecified atom stereocenters. The van der Waals surface area contributed by atoms with Crippen LogP contribution in [-0.4, -0.2) is 46.3 Å². The Kier molecular flexibility index (Phi) is 8.29. The first kappa shape index (κ1) is 31.2. The topological polar surface area (TPSA) is 138 Å². The van der Waals surface area contributed by atoms with E-state index in [1.54, 1.807) is 19.1 Å². The molecule has 10 nitrogen and oxygen atoms in total. The second-order valence-electron chi connectivity index (χ2n) is 10.3. The fourth-order valence-corrected chi connectivity index (χ4v) is 8.03. The van der Waals surface area contributed by atoms with Crippen molar-refractivity contribution in [3.8, 4) is 17.2 Å². The number of phenolic OH excluding ortho intramolecular Hbond substituents is 1. The van der Waals surface area contributed by atoms with E-state index in [-0.39, 0.29) is 23.9 Å². The lowest BCUT2D eigenvalue weighted by atomic mass is 9.83. The number of nitrogens with zero attached hydrogens (tertiary/aromatic N) is 1. The van der Waals surface area contributed by atoms with Gasteiger partial charge in [-0.25, -0.2) is 4.90 Å². The lowest BCUT2D eigenvalue weighted by Crippen LogP contribution is -2.33. The molecule has 2 aliphatic heterocycles. The number of thioether (sulfide) groups is 1. The molecule has 3 aromatic carbocycles. The van der Waals surface area contributed by atoms with Crippen molar-refractivity contribution in [3.63, 3.8) is 0 Å². The van der Waals surface area contributed by atoms with Crippen molar-refractivity contribution in [2.24, 2.45) is 5.92 Å². The quantitative estimate of drug-likeness (QED) is 0.168. The van der Waals surface area contributed by atoms with Gasteiger partial charge in [0.05, 0.1) is 28.8 Å². The molecule has 2 aliphatic rings. The largest absolute Gasteiger partial charge is 0.508 e. The Bertz CT molecular complexity index is 1890. The zero-order valence-corrected chi connectivity index (χ0v) is 25.4. The molecule has 3 amide bonds. The Morgan fingerprint density at radius 2 is 1.74 bits per heavy atom. The van der Waals surface area contributed by atoms with E-state index >= 15 is 0 Å². The minimum Gasteiger partial charge on any atom is -0.508 e. The number of phenols is 1. The molecule has 0 bridgehead atoms. The number of aromatic hydroxyl groups is 1. The van der Waals surface area contributed by atoms with E-state index in [4.69, 9.17) is 9.47 Å². The number of benzene rings is 3. The fourth-order valence-electron chi connectivity index (χ4n) is 5.51. The smallest absolute Gasteiger partial charge is 0.418 e. The number of anilines is 2. The Hall–Kier alpha value is -4.76. The number of imide groups is 1. The van der Waals surface area contributed by atoms with E-state index in [0.717, 1.165) is 35.2 Å². The van der Waals surface area contributed by atoms with Crippen molar-refractivity contribution in [2.45, 2.75) is 29.3 Å². The molecular formula is C31H24F3N3O7S2. The maximum atomic E-state index is 14.0. The number of rotatable bonds is 8. The summed E-state index contributed by atoms with van der Waals surface area (Å²) >= 11 is 1.80. The number of carbonyl (C=O) groups is 3. The first-order chi connectivity index (χ1) is 22.0. The van der Waals surface area contributed by atoms with Crippen molar-refractivity contribution in [2.75, 3.05) is 23.4 Å². The van der Waals surface area contributed by atoms with Crippen LogP contribution in [0.5, 0.6) is 17.2 Å². The van der Waals surface area contributed by atoms with Crippen molar-refractivity contribution in [1.29, 1.82) is 0 Å². The summed E-state index contributed by atoms with van der Waals surface area (Å²) in [6.45, 7) is 1.54. The molecule has 3 N–H and O–H groups in total. The van der Waals surface area contributed by atoms with Gasteiger partial charge in [-0.2, -0.15) is 13.2 Å². The maximum Gasteiger partial charge on any atom is 0.418 e. The van der Waals surface area contributed by atoms with Gasteiger partial charge in [-0.15, -0.1) is 0 Å². The Morgan fingerprint density at radius 1 is 1.00 bits per heavy atom. The number of H-pyrrole nitrogens is 1. The van der Waals surface area contributed by atoms with E-state index in [1.807, 2.05) is 0 Å². The fraction of sp³-hybridized carbons (Fsp3) is 0.226. The number of aromatic nitrogens is 1. The van der Waals surface area contributed by atoms with Gasteiger partial charge in [-0.05, 0) is 61.0 Å². The van der Waals surface area contributed by atoms with Gasteiger partial charge in [0.15, 0.2) is 18.1 Å².